The van der Waals surface area contributed by atoms with Crippen LogP contribution in [-0.2, 0) is 9.84 Å². The predicted octanol–water partition coefficient (Wildman–Crippen LogP) is 2.95. The Hall–Kier alpha value is -1.07. The molecule has 120 valence electrons. The Balaban J connectivity index is 3.08. The molecule has 0 aliphatic heterocycles. The molecule has 0 aromatic heterocycles. The second-order valence-electron chi connectivity index (χ2n) is 5.36. The first kappa shape index (κ1) is 18.0. The molecule has 1 atom stereocenters. The van der Waals surface area contributed by atoms with E-state index in [0.29, 0.717) is 6.61 Å². The molecule has 0 heterocycles. The van der Waals surface area contributed by atoms with E-state index in [1.807, 2.05) is 31.2 Å². The number of benzene rings is 1. The van der Waals surface area contributed by atoms with Crippen LogP contribution >= 0.6 is 0 Å². The first-order valence-corrected chi connectivity index (χ1v) is 9.30. The molecular formula is C16H27NO3S. The molecule has 0 bridgehead atoms. The summed E-state index contributed by atoms with van der Waals surface area (Å²) in [6, 6.07) is 7.42. The molecule has 0 spiro atoms. The van der Waals surface area contributed by atoms with Crippen molar-refractivity contribution in [2.45, 2.75) is 45.4 Å². The van der Waals surface area contributed by atoms with Crippen LogP contribution in [0.3, 0.4) is 0 Å². The lowest BCUT2D eigenvalue weighted by atomic mass is 10.1. The van der Waals surface area contributed by atoms with Crippen molar-refractivity contribution in [3.8, 4) is 5.75 Å². The first-order valence-electron chi connectivity index (χ1n) is 7.59. The maximum Gasteiger partial charge on any atom is 0.154 e. The molecule has 1 aromatic rings. The maximum atomic E-state index is 12.3. The largest absolute Gasteiger partial charge is 0.494 e. The molecule has 0 saturated carbocycles. The van der Waals surface area contributed by atoms with Gasteiger partial charge in [-0.3, -0.25) is 0 Å². The molecule has 0 aliphatic rings. The van der Waals surface area contributed by atoms with Gasteiger partial charge in [0.1, 0.15) is 5.75 Å². The lowest BCUT2D eigenvalue weighted by Gasteiger charge is -2.22. The summed E-state index contributed by atoms with van der Waals surface area (Å²) < 4.78 is 30.2. The van der Waals surface area contributed by atoms with E-state index in [9.17, 15) is 8.42 Å². The molecule has 1 N–H and O–H groups in total. The van der Waals surface area contributed by atoms with Crippen molar-refractivity contribution in [1.29, 1.82) is 0 Å². The van der Waals surface area contributed by atoms with E-state index in [2.05, 4.69) is 12.2 Å². The Morgan fingerprint density at radius 1 is 1.19 bits per heavy atom. The molecular weight excluding hydrogens is 286 g/mol. The highest BCUT2D eigenvalue weighted by atomic mass is 32.2. The van der Waals surface area contributed by atoms with Crippen LogP contribution in [0.15, 0.2) is 24.3 Å². The predicted molar refractivity (Wildman–Crippen MR) is 87.6 cm³/mol. The average Bonchev–Trinajstić information content (AvgIpc) is 2.44. The van der Waals surface area contributed by atoms with E-state index in [0.717, 1.165) is 24.3 Å². The van der Waals surface area contributed by atoms with Gasteiger partial charge in [-0.15, -0.1) is 0 Å². The lowest BCUT2D eigenvalue weighted by molar-refractivity contribution is 0.332. The van der Waals surface area contributed by atoms with Gasteiger partial charge in [-0.25, -0.2) is 8.42 Å². The summed E-state index contributed by atoms with van der Waals surface area (Å²) in [5.41, 5.74) is 0.914. The van der Waals surface area contributed by atoms with E-state index in [1.54, 1.807) is 13.8 Å². The Kier molecular flexibility index (Phi) is 7.18. The zero-order valence-electron chi connectivity index (χ0n) is 13.4. The van der Waals surface area contributed by atoms with Crippen molar-refractivity contribution < 1.29 is 13.2 Å². The van der Waals surface area contributed by atoms with Gasteiger partial charge in [0.15, 0.2) is 9.84 Å². The number of ether oxygens (including phenoxy) is 1. The van der Waals surface area contributed by atoms with E-state index in [1.165, 1.54) is 0 Å². The van der Waals surface area contributed by atoms with Gasteiger partial charge in [-0.1, -0.05) is 25.1 Å². The Labute approximate surface area is 128 Å². The monoisotopic (exact) mass is 313 g/mol. The van der Waals surface area contributed by atoms with Crippen LogP contribution in [0.1, 0.15) is 45.7 Å². The fourth-order valence-electron chi connectivity index (χ4n) is 2.06. The summed E-state index contributed by atoms with van der Waals surface area (Å²) in [6.07, 6.45) is 0.953. The van der Waals surface area contributed by atoms with Gasteiger partial charge in [0.2, 0.25) is 0 Å². The quantitative estimate of drug-likeness (QED) is 0.761. The van der Waals surface area contributed by atoms with Gasteiger partial charge < -0.3 is 10.1 Å². The van der Waals surface area contributed by atoms with Crippen LogP contribution in [0.2, 0.25) is 0 Å². The zero-order chi connectivity index (χ0) is 15.9. The second-order valence-corrected chi connectivity index (χ2v) is 7.96. The van der Waals surface area contributed by atoms with E-state index in [-0.39, 0.29) is 17.0 Å². The Bertz CT molecular complexity index is 526. The summed E-state index contributed by atoms with van der Waals surface area (Å²) in [4.78, 5) is 0. The number of sulfone groups is 1. The topological polar surface area (TPSA) is 55.4 Å². The molecule has 0 aliphatic carbocycles. The number of para-hydroxylation sites is 1. The van der Waals surface area contributed by atoms with Crippen molar-refractivity contribution in [1.82, 2.24) is 5.32 Å². The summed E-state index contributed by atoms with van der Waals surface area (Å²) in [6.45, 7) is 8.78. The fraction of sp³-hybridized carbons (Fsp3) is 0.625. The summed E-state index contributed by atoms with van der Waals surface area (Å²) in [7, 11) is -3.13. The normalized spacial score (nSPS) is 13.4. The first-order chi connectivity index (χ1) is 9.92. The zero-order valence-corrected chi connectivity index (χ0v) is 14.2. The van der Waals surface area contributed by atoms with E-state index in [4.69, 9.17) is 4.74 Å². The third-order valence-electron chi connectivity index (χ3n) is 3.35. The highest BCUT2D eigenvalue weighted by Crippen LogP contribution is 2.27. The van der Waals surface area contributed by atoms with Crippen molar-refractivity contribution in [3.05, 3.63) is 29.8 Å². The minimum Gasteiger partial charge on any atom is -0.494 e. The third kappa shape index (κ3) is 5.32. The standard InChI is InChI=1S/C16H27NO3S/c1-5-11-17-15(12-21(18,19)13(3)4)14-9-7-8-10-16(14)20-6-2/h7-10,13,15,17H,5-6,11-12H2,1-4H3. The van der Waals surface area contributed by atoms with Gasteiger partial charge >= 0.3 is 0 Å². The molecule has 1 rings (SSSR count). The van der Waals surface area contributed by atoms with Crippen LogP contribution in [0.25, 0.3) is 0 Å². The molecule has 0 saturated heterocycles. The summed E-state index contributed by atoms with van der Waals surface area (Å²) in [5, 5.41) is 2.96. The Morgan fingerprint density at radius 2 is 1.86 bits per heavy atom. The molecule has 1 aromatic carbocycles. The van der Waals surface area contributed by atoms with Crippen LogP contribution in [0, 0.1) is 0 Å². The van der Waals surface area contributed by atoms with Gasteiger partial charge in [0.05, 0.1) is 17.6 Å². The number of hydrogen-bond donors (Lipinski definition) is 1. The van der Waals surface area contributed by atoms with E-state index >= 15 is 0 Å². The number of nitrogens with one attached hydrogen (secondary N) is 1. The fourth-order valence-corrected chi connectivity index (χ4v) is 3.20. The summed E-state index contributed by atoms with van der Waals surface area (Å²) in [5.74, 6) is 0.849. The smallest absolute Gasteiger partial charge is 0.154 e. The number of hydrogen-bond acceptors (Lipinski definition) is 4. The third-order valence-corrected chi connectivity index (χ3v) is 5.59. The molecule has 21 heavy (non-hydrogen) atoms. The molecule has 0 fully saturated rings. The minimum absolute atomic E-state index is 0.0920. The highest BCUT2D eigenvalue weighted by molar-refractivity contribution is 7.92. The van der Waals surface area contributed by atoms with Crippen molar-refractivity contribution in [3.63, 3.8) is 0 Å². The highest BCUT2D eigenvalue weighted by Gasteiger charge is 2.25. The van der Waals surface area contributed by atoms with Crippen LogP contribution in [-0.4, -0.2) is 32.6 Å². The van der Waals surface area contributed by atoms with Gasteiger partial charge in [0.25, 0.3) is 0 Å². The van der Waals surface area contributed by atoms with Crippen molar-refractivity contribution >= 4 is 9.84 Å². The SMILES string of the molecule is CCCNC(CS(=O)(=O)C(C)C)c1ccccc1OCC. The van der Waals surface area contributed by atoms with Crippen LogP contribution in [0.5, 0.6) is 5.75 Å². The molecule has 4 nitrogen and oxygen atoms in total. The molecule has 5 heteroatoms. The lowest BCUT2D eigenvalue weighted by Crippen LogP contribution is -2.32. The number of rotatable bonds is 9. The Morgan fingerprint density at radius 3 is 2.43 bits per heavy atom. The van der Waals surface area contributed by atoms with Gasteiger partial charge in [-0.05, 0) is 39.8 Å². The van der Waals surface area contributed by atoms with Gasteiger partial charge in [-0.2, -0.15) is 0 Å². The van der Waals surface area contributed by atoms with E-state index < -0.39 is 9.84 Å². The van der Waals surface area contributed by atoms with Gasteiger partial charge in [0, 0.05) is 11.6 Å². The minimum atomic E-state index is -3.13. The maximum absolute atomic E-state index is 12.3. The van der Waals surface area contributed by atoms with Crippen LogP contribution < -0.4 is 10.1 Å². The average molecular weight is 313 g/mol. The summed E-state index contributed by atoms with van der Waals surface area (Å²) >= 11 is 0. The van der Waals surface area contributed by atoms with Crippen LogP contribution in [0.4, 0.5) is 0 Å². The van der Waals surface area contributed by atoms with Crippen molar-refractivity contribution in [2.75, 3.05) is 18.9 Å². The molecule has 0 radical (unpaired) electrons. The second kappa shape index (κ2) is 8.39. The van der Waals surface area contributed by atoms with Crippen molar-refractivity contribution in [2.24, 2.45) is 0 Å². The molecule has 1 unspecified atom stereocenters. The molecule has 0 amide bonds.